The molecule has 3 heterocycles. The average molecular weight is 325 g/mol. The van der Waals surface area contributed by atoms with Crippen molar-refractivity contribution >= 4 is 11.9 Å². The number of fused-ring (bicyclic) bond motifs is 1. The number of carbonyl (C=O) groups excluding carboxylic acids is 2. The van der Waals surface area contributed by atoms with Gasteiger partial charge in [-0.15, -0.1) is 0 Å². The van der Waals surface area contributed by atoms with Crippen LogP contribution >= 0.6 is 0 Å². The molecule has 3 saturated heterocycles. The molecule has 1 saturated carbocycles. The second kappa shape index (κ2) is 5.31. The maximum atomic E-state index is 13.1. The molecular formula is C19H23N3O2. The standard InChI is InChI=1S/C19H23N3O2/c23-18-17-9-8-16(13-4-2-1-3-5-13)22(17)19(24)21(18)15-10-11-20(12-15)14-6-7-14/h1-5,14-17H,6-12H2/t15-,16+,17+/m1/s1. The van der Waals surface area contributed by atoms with E-state index in [0.717, 1.165) is 37.9 Å². The molecule has 0 N–H and O–H groups in total. The van der Waals surface area contributed by atoms with Crippen molar-refractivity contribution in [3.63, 3.8) is 0 Å². The number of benzene rings is 1. The first-order valence-electron chi connectivity index (χ1n) is 9.18. The summed E-state index contributed by atoms with van der Waals surface area (Å²) in [6.45, 7) is 1.90. The lowest BCUT2D eigenvalue weighted by molar-refractivity contribution is -0.129. The first-order chi connectivity index (χ1) is 11.7. The Balaban J connectivity index is 1.38. The normalized spacial score (nSPS) is 33.6. The zero-order chi connectivity index (χ0) is 16.3. The van der Waals surface area contributed by atoms with E-state index in [0.29, 0.717) is 6.04 Å². The summed E-state index contributed by atoms with van der Waals surface area (Å²) in [6, 6.07) is 10.7. The lowest BCUT2D eigenvalue weighted by atomic mass is 10.0. The molecule has 1 aromatic carbocycles. The molecule has 24 heavy (non-hydrogen) atoms. The van der Waals surface area contributed by atoms with Crippen LogP contribution in [0.15, 0.2) is 30.3 Å². The molecule has 5 rings (SSSR count). The molecule has 4 aliphatic rings. The molecule has 0 aromatic heterocycles. The highest BCUT2D eigenvalue weighted by Gasteiger charge is 2.54. The smallest absolute Gasteiger partial charge is 0.305 e. The fourth-order valence-electron chi connectivity index (χ4n) is 4.79. The number of carbonyl (C=O) groups is 2. The van der Waals surface area contributed by atoms with E-state index in [1.54, 1.807) is 4.90 Å². The first kappa shape index (κ1) is 14.5. The summed E-state index contributed by atoms with van der Waals surface area (Å²) in [7, 11) is 0. The van der Waals surface area contributed by atoms with Crippen molar-refractivity contribution in [3.8, 4) is 0 Å². The minimum absolute atomic E-state index is 0.0427. The molecule has 0 unspecified atom stereocenters. The minimum atomic E-state index is -0.238. The fraction of sp³-hybridized carbons (Fsp3) is 0.579. The lowest BCUT2D eigenvalue weighted by Crippen LogP contribution is -2.43. The third kappa shape index (κ3) is 2.10. The van der Waals surface area contributed by atoms with Crippen molar-refractivity contribution < 1.29 is 9.59 Å². The first-order valence-corrected chi connectivity index (χ1v) is 9.18. The van der Waals surface area contributed by atoms with E-state index in [1.165, 1.54) is 12.8 Å². The molecule has 5 heteroatoms. The summed E-state index contributed by atoms with van der Waals surface area (Å²) in [6.07, 6.45) is 5.17. The summed E-state index contributed by atoms with van der Waals surface area (Å²) in [4.78, 5) is 31.9. The van der Waals surface area contributed by atoms with E-state index in [1.807, 2.05) is 23.1 Å². The van der Waals surface area contributed by atoms with E-state index in [2.05, 4.69) is 17.0 Å². The Kier molecular flexibility index (Phi) is 3.20. The molecule has 4 fully saturated rings. The van der Waals surface area contributed by atoms with Crippen LogP contribution in [-0.4, -0.2) is 57.9 Å². The summed E-state index contributed by atoms with van der Waals surface area (Å²) in [5.41, 5.74) is 1.15. The number of nitrogens with zero attached hydrogens (tertiary/aromatic N) is 3. The molecule has 1 aromatic rings. The fourth-order valence-corrected chi connectivity index (χ4v) is 4.79. The van der Waals surface area contributed by atoms with Gasteiger partial charge >= 0.3 is 6.03 Å². The predicted octanol–water partition coefficient (Wildman–Crippen LogP) is 2.39. The van der Waals surface area contributed by atoms with Crippen molar-refractivity contribution in [1.82, 2.24) is 14.7 Å². The van der Waals surface area contributed by atoms with Crippen LogP contribution in [0.3, 0.4) is 0 Å². The van der Waals surface area contributed by atoms with Gasteiger partial charge in [0.05, 0.1) is 12.1 Å². The zero-order valence-electron chi connectivity index (χ0n) is 13.8. The van der Waals surface area contributed by atoms with E-state index in [9.17, 15) is 9.59 Å². The Morgan fingerprint density at radius 2 is 1.58 bits per heavy atom. The summed E-state index contributed by atoms with van der Waals surface area (Å²) < 4.78 is 0. The van der Waals surface area contributed by atoms with Gasteiger partial charge in [-0.05, 0) is 37.7 Å². The van der Waals surface area contributed by atoms with E-state index in [-0.39, 0.29) is 30.1 Å². The van der Waals surface area contributed by atoms with E-state index in [4.69, 9.17) is 0 Å². The molecule has 126 valence electrons. The van der Waals surface area contributed by atoms with Gasteiger partial charge in [0.1, 0.15) is 6.04 Å². The van der Waals surface area contributed by atoms with Gasteiger partial charge in [0.2, 0.25) is 0 Å². The number of amides is 3. The van der Waals surface area contributed by atoms with Gasteiger partial charge in [0, 0.05) is 19.1 Å². The SMILES string of the molecule is O=C1[C@@H]2CC[C@@H](c3ccccc3)N2C(=O)N1[C@@H]1CCN(C2CC2)C1. The van der Waals surface area contributed by atoms with Crippen LogP contribution in [0, 0.1) is 0 Å². The van der Waals surface area contributed by atoms with Crippen molar-refractivity contribution in [2.75, 3.05) is 13.1 Å². The quantitative estimate of drug-likeness (QED) is 0.802. The van der Waals surface area contributed by atoms with E-state index < -0.39 is 0 Å². The molecular weight excluding hydrogens is 302 g/mol. The van der Waals surface area contributed by atoms with Crippen molar-refractivity contribution in [3.05, 3.63) is 35.9 Å². The molecule has 0 bridgehead atoms. The highest BCUT2D eigenvalue weighted by Crippen LogP contribution is 2.42. The van der Waals surface area contributed by atoms with Crippen LogP contribution < -0.4 is 0 Å². The number of rotatable bonds is 3. The van der Waals surface area contributed by atoms with Crippen LogP contribution in [0.4, 0.5) is 4.79 Å². The topological polar surface area (TPSA) is 43.9 Å². The second-order valence-electron chi connectivity index (χ2n) is 7.59. The monoisotopic (exact) mass is 325 g/mol. The Bertz CT molecular complexity index is 672. The van der Waals surface area contributed by atoms with Gasteiger partial charge in [0.15, 0.2) is 0 Å². The third-order valence-electron chi connectivity index (χ3n) is 6.14. The van der Waals surface area contributed by atoms with Crippen molar-refractivity contribution in [2.24, 2.45) is 0 Å². The highest BCUT2D eigenvalue weighted by molar-refractivity contribution is 6.05. The number of likely N-dealkylation sites (tertiary alicyclic amines) is 1. The van der Waals surface area contributed by atoms with Crippen LogP contribution in [0.5, 0.6) is 0 Å². The minimum Gasteiger partial charge on any atom is -0.305 e. The molecule has 5 nitrogen and oxygen atoms in total. The van der Waals surface area contributed by atoms with Gasteiger partial charge in [-0.3, -0.25) is 14.6 Å². The van der Waals surface area contributed by atoms with Crippen molar-refractivity contribution in [2.45, 2.75) is 56.3 Å². The second-order valence-corrected chi connectivity index (χ2v) is 7.59. The summed E-state index contributed by atoms with van der Waals surface area (Å²) in [5.74, 6) is 0.0427. The van der Waals surface area contributed by atoms with Gasteiger partial charge in [-0.25, -0.2) is 4.79 Å². The molecule has 0 radical (unpaired) electrons. The Hall–Kier alpha value is -1.88. The van der Waals surface area contributed by atoms with E-state index >= 15 is 0 Å². The Labute approximate surface area is 142 Å². The van der Waals surface area contributed by atoms with Crippen molar-refractivity contribution in [1.29, 1.82) is 0 Å². The number of hydrogen-bond donors (Lipinski definition) is 0. The van der Waals surface area contributed by atoms with Gasteiger partial charge in [0.25, 0.3) is 5.91 Å². The van der Waals surface area contributed by atoms with Gasteiger partial charge in [-0.2, -0.15) is 0 Å². The lowest BCUT2D eigenvalue weighted by Gasteiger charge is -2.26. The zero-order valence-corrected chi connectivity index (χ0v) is 13.8. The van der Waals surface area contributed by atoms with Gasteiger partial charge < -0.3 is 4.90 Å². The molecule has 3 atom stereocenters. The Morgan fingerprint density at radius 1 is 0.833 bits per heavy atom. The van der Waals surface area contributed by atoms with Crippen LogP contribution in [-0.2, 0) is 4.79 Å². The highest BCUT2D eigenvalue weighted by atomic mass is 16.2. The maximum Gasteiger partial charge on any atom is 0.328 e. The molecule has 0 spiro atoms. The van der Waals surface area contributed by atoms with Crippen LogP contribution in [0.1, 0.15) is 43.7 Å². The molecule has 1 aliphatic carbocycles. The summed E-state index contributed by atoms with van der Waals surface area (Å²) >= 11 is 0. The predicted molar refractivity (Wildman–Crippen MR) is 89.3 cm³/mol. The molecule has 3 aliphatic heterocycles. The largest absolute Gasteiger partial charge is 0.328 e. The number of imide groups is 1. The summed E-state index contributed by atoms with van der Waals surface area (Å²) in [5, 5.41) is 0. The molecule has 3 amide bonds. The van der Waals surface area contributed by atoms with Gasteiger partial charge in [-0.1, -0.05) is 30.3 Å². The van der Waals surface area contributed by atoms with Crippen LogP contribution in [0.2, 0.25) is 0 Å². The maximum absolute atomic E-state index is 13.1. The number of urea groups is 1. The average Bonchev–Trinajstić information content (AvgIpc) is 3.09. The number of hydrogen-bond acceptors (Lipinski definition) is 3. The van der Waals surface area contributed by atoms with Crippen LogP contribution in [0.25, 0.3) is 0 Å². The Morgan fingerprint density at radius 3 is 2.33 bits per heavy atom. The third-order valence-corrected chi connectivity index (χ3v) is 6.14.